The summed E-state index contributed by atoms with van der Waals surface area (Å²) in [7, 11) is -1.99. The van der Waals surface area contributed by atoms with E-state index in [1.54, 1.807) is 36.2 Å². The number of nitrogens with one attached hydrogen (secondary N) is 1. The summed E-state index contributed by atoms with van der Waals surface area (Å²) in [4.78, 5) is 26.1. The fourth-order valence-electron chi connectivity index (χ4n) is 4.77. The summed E-state index contributed by atoms with van der Waals surface area (Å²) >= 11 is 0. The van der Waals surface area contributed by atoms with Crippen LogP contribution in [0.15, 0.2) is 41.8 Å². The van der Waals surface area contributed by atoms with Gasteiger partial charge < -0.3 is 19.7 Å². The van der Waals surface area contributed by atoms with E-state index >= 15 is 0 Å². The number of ether oxygens (including phenoxy) is 2. The van der Waals surface area contributed by atoms with Crippen molar-refractivity contribution in [2.45, 2.75) is 42.9 Å². The number of benzene rings is 1. The van der Waals surface area contributed by atoms with Gasteiger partial charge in [0.15, 0.2) is 0 Å². The maximum Gasteiger partial charge on any atom is 0.245 e. The number of hydrogen-bond acceptors (Lipinski definition) is 6. The summed E-state index contributed by atoms with van der Waals surface area (Å²) in [5, 5.41) is 2.73. The topological polar surface area (TPSA) is 105 Å². The molecule has 4 rings (SSSR count). The Bertz CT molecular complexity index is 990. The van der Waals surface area contributed by atoms with Crippen LogP contribution in [-0.2, 0) is 29.1 Å². The third-order valence-corrected chi connectivity index (χ3v) is 8.65. The van der Waals surface area contributed by atoms with Gasteiger partial charge in [-0.3, -0.25) is 9.59 Å². The Morgan fingerprint density at radius 2 is 1.88 bits per heavy atom. The molecule has 33 heavy (non-hydrogen) atoms. The lowest BCUT2D eigenvalue weighted by molar-refractivity contribution is -0.125. The zero-order valence-electron chi connectivity index (χ0n) is 18.8. The summed E-state index contributed by atoms with van der Waals surface area (Å²) in [5.74, 6) is -0.144. The average molecular weight is 478 g/mol. The van der Waals surface area contributed by atoms with E-state index < -0.39 is 16.3 Å². The fourth-order valence-corrected chi connectivity index (χ4v) is 6.23. The second kappa shape index (κ2) is 9.92. The Hall–Kier alpha value is -2.27. The van der Waals surface area contributed by atoms with Gasteiger partial charge in [-0.25, -0.2) is 8.42 Å². The molecule has 10 heteroatoms. The highest BCUT2D eigenvalue weighted by atomic mass is 32.2. The SMILES string of the molecule is C=CC(=O)NC1CC2CCN(S(=O)(=O)c3ccc(N(C)C(=O)C4CCOCC4)cc3)CC2O1. The number of fused-ring (bicyclic) bond motifs is 1. The number of piperidine rings is 1. The lowest BCUT2D eigenvalue weighted by atomic mass is 9.94. The molecule has 0 aromatic heterocycles. The molecule has 0 saturated carbocycles. The zero-order chi connectivity index (χ0) is 23.6. The predicted octanol–water partition coefficient (Wildman–Crippen LogP) is 1.50. The number of carbonyl (C=O) groups excluding carboxylic acids is 2. The molecule has 3 heterocycles. The Kier molecular flexibility index (Phi) is 7.18. The first-order chi connectivity index (χ1) is 15.8. The summed E-state index contributed by atoms with van der Waals surface area (Å²) in [6, 6.07) is 6.44. The minimum Gasteiger partial charge on any atom is -0.381 e. The monoisotopic (exact) mass is 477 g/mol. The van der Waals surface area contributed by atoms with Crippen molar-refractivity contribution in [1.29, 1.82) is 0 Å². The number of sulfonamides is 1. The summed E-state index contributed by atoms with van der Waals surface area (Å²) < 4.78 is 39.1. The fraction of sp³-hybridized carbons (Fsp3) is 0.565. The van der Waals surface area contributed by atoms with Crippen molar-refractivity contribution in [1.82, 2.24) is 9.62 Å². The predicted molar refractivity (Wildman–Crippen MR) is 122 cm³/mol. The molecule has 1 N–H and O–H groups in total. The third kappa shape index (κ3) is 5.13. The van der Waals surface area contributed by atoms with Gasteiger partial charge in [0.2, 0.25) is 21.8 Å². The van der Waals surface area contributed by atoms with Gasteiger partial charge in [0, 0.05) is 45.0 Å². The van der Waals surface area contributed by atoms with Gasteiger partial charge in [-0.15, -0.1) is 0 Å². The summed E-state index contributed by atoms with van der Waals surface area (Å²) in [5.41, 5.74) is 0.657. The molecule has 0 aliphatic carbocycles. The number of nitrogens with zero attached hydrogens (tertiary/aromatic N) is 2. The number of carbonyl (C=O) groups is 2. The van der Waals surface area contributed by atoms with Crippen molar-refractivity contribution in [2.24, 2.45) is 11.8 Å². The molecule has 3 fully saturated rings. The largest absolute Gasteiger partial charge is 0.381 e. The Labute approximate surface area is 194 Å². The normalized spacial score (nSPS) is 26.4. The van der Waals surface area contributed by atoms with Crippen LogP contribution in [0.1, 0.15) is 25.7 Å². The summed E-state index contributed by atoms with van der Waals surface area (Å²) in [6.45, 7) is 5.26. The molecule has 3 aliphatic rings. The third-order valence-electron chi connectivity index (χ3n) is 6.77. The molecule has 180 valence electrons. The van der Waals surface area contributed by atoms with Crippen LogP contribution in [-0.4, -0.2) is 70.2 Å². The molecule has 9 nitrogen and oxygen atoms in total. The number of amides is 2. The van der Waals surface area contributed by atoms with Crippen LogP contribution >= 0.6 is 0 Å². The van der Waals surface area contributed by atoms with Crippen molar-refractivity contribution in [3.05, 3.63) is 36.9 Å². The average Bonchev–Trinajstić information content (AvgIpc) is 3.25. The van der Waals surface area contributed by atoms with Crippen molar-refractivity contribution >= 4 is 27.5 Å². The van der Waals surface area contributed by atoms with E-state index in [1.165, 1.54) is 10.4 Å². The van der Waals surface area contributed by atoms with Gasteiger partial charge >= 0.3 is 0 Å². The highest BCUT2D eigenvalue weighted by Crippen LogP contribution is 2.34. The van der Waals surface area contributed by atoms with Crippen LogP contribution in [0.4, 0.5) is 5.69 Å². The first-order valence-corrected chi connectivity index (χ1v) is 12.8. The van der Waals surface area contributed by atoms with Crippen molar-refractivity contribution < 1.29 is 27.5 Å². The van der Waals surface area contributed by atoms with Gasteiger partial charge in [-0.05, 0) is 61.9 Å². The Morgan fingerprint density at radius 1 is 1.18 bits per heavy atom. The van der Waals surface area contributed by atoms with E-state index in [4.69, 9.17) is 9.47 Å². The zero-order valence-corrected chi connectivity index (χ0v) is 19.6. The van der Waals surface area contributed by atoms with Gasteiger partial charge in [-0.1, -0.05) is 6.58 Å². The number of hydrogen-bond donors (Lipinski definition) is 1. The quantitative estimate of drug-likeness (QED) is 0.623. The molecular weight excluding hydrogens is 446 g/mol. The molecule has 3 saturated heterocycles. The van der Waals surface area contributed by atoms with Crippen molar-refractivity contribution in [3.8, 4) is 0 Å². The molecule has 3 unspecified atom stereocenters. The standard InChI is InChI=1S/C23H31N3O6S/c1-3-21(27)24-22-14-17-8-11-26(15-20(17)32-22)33(29,30)19-6-4-18(5-7-19)25(2)23(28)16-9-12-31-13-10-16/h3-7,16-17,20,22H,1,8-15H2,2H3,(H,24,27). The molecule has 2 amide bonds. The molecule has 3 atom stereocenters. The number of anilines is 1. The second-order valence-electron chi connectivity index (χ2n) is 8.80. The van der Waals surface area contributed by atoms with E-state index in [9.17, 15) is 18.0 Å². The van der Waals surface area contributed by atoms with E-state index in [1.807, 2.05) is 0 Å². The summed E-state index contributed by atoms with van der Waals surface area (Å²) in [6.07, 6.45) is 3.26. The van der Waals surface area contributed by atoms with Crippen molar-refractivity contribution in [2.75, 3.05) is 38.3 Å². The van der Waals surface area contributed by atoms with Gasteiger partial charge in [0.25, 0.3) is 0 Å². The Morgan fingerprint density at radius 3 is 2.55 bits per heavy atom. The molecule has 0 spiro atoms. The minimum atomic E-state index is -3.70. The van der Waals surface area contributed by atoms with Crippen LogP contribution < -0.4 is 10.2 Å². The first-order valence-electron chi connectivity index (χ1n) is 11.3. The molecule has 1 aromatic rings. The van der Waals surface area contributed by atoms with Crippen LogP contribution in [0.25, 0.3) is 0 Å². The maximum atomic E-state index is 13.2. The molecule has 0 bridgehead atoms. The highest BCUT2D eigenvalue weighted by Gasteiger charge is 2.42. The van der Waals surface area contributed by atoms with E-state index in [2.05, 4.69) is 11.9 Å². The van der Waals surface area contributed by atoms with E-state index in [0.29, 0.717) is 51.1 Å². The second-order valence-corrected chi connectivity index (χ2v) is 10.7. The van der Waals surface area contributed by atoms with E-state index in [0.717, 1.165) is 0 Å². The van der Waals surface area contributed by atoms with E-state index in [-0.39, 0.29) is 41.2 Å². The van der Waals surface area contributed by atoms with Crippen LogP contribution in [0.3, 0.4) is 0 Å². The lowest BCUT2D eigenvalue weighted by Gasteiger charge is -2.33. The van der Waals surface area contributed by atoms with Crippen LogP contribution in [0.5, 0.6) is 0 Å². The van der Waals surface area contributed by atoms with Gasteiger partial charge in [0.05, 0.1) is 11.0 Å². The molecule has 1 aromatic carbocycles. The molecule has 3 aliphatic heterocycles. The van der Waals surface area contributed by atoms with Crippen LogP contribution in [0, 0.1) is 11.8 Å². The van der Waals surface area contributed by atoms with Gasteiger partial charge in [-0.2, -0.15) is 4.31 Å². The van der Waals surface area contributed by atoms with Gasteiger partial charge in [0.1, 0.15) is 6.23 Å². The number of rotatable bonds is 6. The maximum absolute atomic E-state index is 13.2. The smallest absolute Gasteiger partial charge is 0.245 e. The molecule has 0 radical (unpaired) electrons. The first kappa shape index (κ1) is 23.9. The molecular formula is C23H31N3O6S. The van der Waals surface area contributed by atoms with Crippen molar-refractivity contribution in [3.63, 3.8) is 0 Å². The Balaban J connectivity index is 1.40. The lowest BCUT2D eigenvalue weighted by Crippen LogP contribution is -2.45. The highest BCUT2D eigenvalue weighted by molar-refractivity contribution is 7.89. The van der Waals surface area contributed by atoms with Crippen LogP contribution in [0.2, 0.25) is 0 Å². The minimum absolute atomic E-state index is 0.0208.